The van der Waals surface area contributed by atoms with E-state index >= 15 is 0 Å². The monoisotopic (exact) mass is 249 g/mol. The number of hydrogen-bond donors (Lipinski definition) is 2. The SMILES string of the molecule is CC(S)C(C)C(=O)N1CSC[C@H]1C(=O)O. The lowest BCUT2D eigenvalue weighted by Crippen LogP contribution is -2.45. The van der Waals surface area contributed by atoms with Gasteiger partial charge >= 0.3 is 5.97 Å². The highest BCUT2D eigenvalue weighted by molar-refractivity contribution is 7.99. The highest BCUT2D eigenvalue weighted by Crippen LogP contribution is 2.24. The molecule has 0 saturated carbocycles. The second-order valence-electron chi connectivity index (χ2n) is 3.69. The molecule has 0 bridgehead atoms. The van der Waals surface area contributed by atoms with Gasteiger partial charge in [0.05, 0.1) is 5.88 Å². The molecule has 4 nitrogen and oxygen atoms in total. The Bertz CT molecular complexity index is 270. The van der Waals surface area contributed by atoms with Crippen LogP contribution in [0.15, 0.2) is 0 Å². The maximum Gasteiger partial charge on any atom is 0.327 e. The molecule has 0 aliphatic carbocycles. The first-order valence-electron chi connectivity index (χ1n) is 4.74. The summed E-state index contributed by atoms with van der Waals surface area (Å²) in [6.07, 6.45) is 0. The molecule has 2 unspecified atom stereocenters. The van der Waals surface area contributed by atoms with Crippen LogP contribution in [0.2, 0.25) is 0 Å². The van der Waals surface area contributed by atoms with Crippen LogP contribution in [-0.4, -0.2) is 44.8 Å². The summed E-state index contributed by atoms with van der Waals surface area (Å²) in [7, 11) is 0. The largest absolute Gasteiger partial charge is 0.480 e. The second-order valence-corrected chi connectivity index (χ2v) is 5.51. The first-order valence-corrected chi connectivity index (χ1v) is 6.41. The van der Waals surface area contributed by atoms with Gasteiger partial charge in [-0.15, -0.1) is 11.8 Å². The van der Waals surface area contributed by atoms with Crippen molar-refractivity contribution in [2.24, 2.45) is 5.92 Å². The van der Waals surface area contributed by atoms with Crippen molar-refractivity contribution in [3.8, 4) is 0 Å². The smallest absolute Gasteiger partial charge is 0.327 e. The fourth-order valence-electron chi connectivity index (χ4n) is 1.33. The van der Waals surface area contributed by atoms with Crippen LogP contribution in [0.3, 0.4) is 0 Å². The van der Waals surface area contributed by atoms with Crippen molar-refractivity contribution < 1.29 is 14.7 Å². The molecule has 0 aromatic carbocycles. The molecule has 1 aliphatic heterocycles. The summed E-state index contributed by atoms with van der Waals surface area (Å²) < 4.78 is 0. The van der Waals surface area contributed by atoms with Gasteiger partial charge in [-0.3, -0.25) is 4.79 Å². The number of rotatable bonds is 3. The Morgan fingerprint density at radius 2 is 2.13 bits per heavy atom. The average molecular weight is 249 g/mol. The maximum absolute atomic E-state index is 11.9. The van der Waals surface area contributed by atoms with Gasteiger partial charge in [-0.1, -0.05) is 13.8 Å². The predicted molar refractivity (Wildman–Crippen MR) is 63.2 cm³/mol. The first kappa shape index (κ1) is 12.7. The molecule has 6 heteroatoms. The van der Waals surface area contributed by atoms with Crippen molar-refractivity contribution in [3.05, 3.63) is 0 Å². The molecule has 3 atom stereocenters. The molecule has 1 rings (SSSR count). The van der Waals surface area contributed by atoms with Crippen LogP contribution >= 0.6 is 24.4 Å². The second kappa shape index (κ2) is 5.12. The van der Waals surface area contributed by atoms with Crippen molar-refractivity contribution in [1.29, 1.82) is 0 Å². The topological polar surface area (TPSA) is 57.6 Å². The summed E-state index contributed by atoms with van der Waals surface area (Å²) in [5.74, 6) is -0.328. The number of carbonyl (C=O) groups excluding carboxylic acids is 1. The molecule has 1 aliphatic rings. The zero-order chi connectivity index (χ0) is 11.6. The zero-order valence-corrected chi connectivity index (χ0v) is 10.4. The minimum absolute atomic E-state index is 0.0578. The van der Waals surface area contributed by atoms with Gasteiger partial charge in [0.15, 0.2) is 0 Å². The molecule has 86 valence electrons. The average Bonchev–Trinajstić information content (AvgIpc) is 2.63. The molecule has 0 radical (unpaired) electrons. The van der Waals surface area contributed by atoms with Crippen molar-refractivity contribution in [3.63, 3.8) is 0 Å². The van der Waals surface area contributed by atoms with Crippen molar-refractivity contribution in [1.82, 2.24) is 4.90 Å². The summed E-state index contributed by atoms with van der Waals surface area (Å²) in [5.41, 5.74) is 0. The third-order valence-corrected chi connectivity index (χ3v) is 4.02. The van der Waals surface area contributed by atoms with E-state index < -0.39 is 12.0 Å². The van der Waals surface area contributed by atoms with E-state index in [0.717, 1.165) is 0 Å². The summed E-state index contributed by atoms with van der Waals surface area (Å²) in [4.78, 5) is 24.2. The third-order valence-electron chi connectivity index (χ3n) is 2.56. The number of carboxylic acids is 1. The van der Waals surface area contributed by atoms with Crippen molar-refractivity contribution in [2.75, 3.05) is 11.6 Å². The Morgan fingerprint density at radius 1 is 1.53 bits per heavy atom. The minimum atomic E-state index is -0.924. The van der Waals surface area contributed by atoms with Gasteiger partial charge in [-0.25, -0.2) is 4.79 Å². The summed E-state index contributed by atoms with van der Waals surface area (Å²) >= 11 is 5.68. The quantitative estimate of drug-likeness (QED) is 0.731. The van der Waals surface area contributed by atoms with Gasteiger partial charge in [0.2, 0.25) is 5.91 Å². The number of hydrogen-bond acceptors (Lipinski definition) is 4. The predicted octanol–water partition coefficient (Wildman–Crippen LogP) is 0.927. The summed E-state index contributed by atoms with van der Waals surface area (Å²) in [5, 5.41) is 8.87. The fraction of sp³-hybridized carbons (Fsp3) is 0.778. The van der Waals surface area contributed by atoms with E-state index in [1.807, 2.05) is 6.92 Å². The number of carboxylic acid groups (broad SMARTS) is 1. The minimum Gasteiger partial charge on any atom is -0.480 e. The van der Waals surface area contributed by atoms with Crippen LogP contribution < -0.4 is 0 Å². The molecular weight excluding hydrogens is 234 g/mol. The molecule has 1 saturated heterocycles. The van der Waals surface area contributed by atoms with Gasteiger partial charge in [-0.05, 0) is 0 Å². The van der Waals surface area contributed by atoms with Gasteiger partial charge in [-0.2, -0.15) is 12.6 Å². The first-order chi connectivity index (χ1) is 6.95. The normalized spacial score (nSPS) is 25.0. The lowest BCUT2D eigenvalue weighted by atomic mass is 10.1. The maximum atomic E-state index is 11.9. The molecule has 15 heavy (non-hydrogen) atoms. The van der Waals surface area contributed by atoms with Crippen LogP contribution in [0.1, 0.15) is 13.8 Å². The summed E-state index contributed by atoms with van der Waals surface area (Å²) in [6.45, 7) is 3.62. The number of carbonyl (C=O) groups is 2. The van der Waals surface area contributed by atoms with E-state index in [-0.39, 0.29) is 17.1 Å². The summed E-state index contributed by atoms with van der Waals surface area (Å²) in [6, 6.07) is -0.669. The van der Waals surface area contributed by atoms with Gasteiger partial charge in [0.25, 0.3) is 0 Å². The van der Waals surface area contributed by atoms with Crippen LogP contribution in [0.4, 0.5) is 0 Å². The van der Waals surface area contributed by atoms with E-state index in [0.29, 0.717) is 11.6 Å². The van der Waals surface area contributed by atoms with Crippen LogP contribution in [0, 0.1) is 5.92 Å². The van der Waals surface area contributed by atoms with Gasteiger partial charge < -0.3 is 10.0 Å². The van der Waals surface area contributed by atoms with Gasteiger partial charge in [0.1, 0.15) is 6.04 Å². The molecule has 0 aromatic rings. The number of amides is 1. The molecule has 1 N–H and O–H groups in total. The zero-order valence-electron chi connectivity index (χ0n) is 8.71. The lowest BCUT2D eigenvalue weighted by Gasteiger charge is -2.25. The van der Waals surface area contributed by atoms with E-state index in [9.17, 15) is 9.59 Å². The Balaban J connectivity index is 2.70. The van der Waals surface area contributed by atoms with Crippen LogP contribution in [0.25, 0.3) is 0 Å². The standard InChI is InChI=1S/C9H15NO3S2/c1-5(6(2)14)8(11)10-4-15-3-7(10)9(12)13/h5-7,14H,3-4H2,1-2H3,(H,12,13)/t5?,6?,7-/m0/s1. The Hall–Kier alpha value is -0.360. The number of nitrogens with zero attached hydrogens (tertiary/aromatic N) is 1. The third kappa shape index (κ3) is 2.81. The number of thioether (sulfide) groups is 1. The lowest BCUT2D eigenvalue weighted by molar-refractivity contribution is -0.149. The van der Waals surface area contributed by atoms with Crippen LogP contribution in [0.5, 0.6) is 0 Å². The molecular formula is C9H15NO3S2. The number of aliphatic carboxylic acids is 1. The highest BCUT2D eigenvalue weighted by atomic mass is 32.2. The van der Waals surface area contributed by atoms with E-state index in [4.69, 9.17) is 5.11 Å². The molecule has 1 fully saturated rings. The van der Waals surface area contributed by atoms with Gasteiger partial charge in [0, 0.05) is 16.9 Å². The highest BCUT2D eigenvalue weighted by Gasteiger charge is 2.36. The fourth-order valence-corrected chi connectivity index (χ4v) is 2.61. The Labute approximate surface area is 98.8 Å². The van der Waals surface area contributed by atoms with Crippen molar-refractivity contribution in [2.45, 2.75) is 25.1 Å². The van der Waals surface area contributed by atoms with Crippen LogP contribution in [-0.2, 0) is 9.59 Å². The van der Waals surface area contributed by atoms with E-state index in [1.165, 1.54) is 16.7 Å². The molecule has 1 heterocycles. The molecule has 1 amide bonds. The van der Waals surface area contributed by atoms with Crippen molar-refractivity contribution >= 4 is 36.3 Å². The number of thiol groups is 1. The molecule has 0 spiro atoms. The molecule has 0 aromatic heterocycles. The van der Waals surface area contributed by atoms with E-state index in [1.54, 1.807) is 6.92 Å². The Morgan fingerprint density at radius 3 is 2.60 bits per heavy atom. The van der Waals surface area contributed by atoms with E-state index in [2.05, 4.69) is 12.6 Å². The Kier molecular flexibility index (Phi) is 4.33.